The van der Waals surface area contributed by atoms with E-state index in [1.165, 1.54) is 12.1 Å². The number of allylic oxidation sites excluding steroid dienone is 1. The predicted molar refractivity (Wildman–Crippen MR) is 91.0 cm³/mol. The molecular weight excluding hydrogens is 323 g/mol. The summed E-state index contributed by atoms with van der Waals surface area (Å²) in [5.74, 6) is -0.322. The van der Waals surface area contributed by atoms with Gasteiger partial charge in [0.25, 0.3) is 0 Å². The van der Waals surface area contributed by atoms with E-state index in [4.69, 9.17) is 9.47 Å². The van der Waals surface area contributed by atoms with Gasteiger partial charge in [0.1, 0.15) is 17.3 Å². The number of ketones is 1. The standard InChI is InChI=1S/C20H17FO4/c1-11(2)20(23)25-16-9-8-15-18(22)17(24-19(15)12(16)3)10-13-4-6-14(21)7-5-13/h4-11H,1-3H3/b17-10-. The fraction of sp³-hybridized carbons (Fsp3) is 0.200. The lowest BCUT2D eigenvalue weighted by Gasteiger charge is -2.11. The molecule has 0 bridgehead atoms. The Morgan fingerprint density at radius 1 is 1.16 bits per heavy atom. The van der Waals surface area contributed by atoms with Gasteiger partial charge in [0.15, 0.2) is 5.76 Å². The molecule has 0 atom stereocenters. The summed E-state index contributed by atoms with van der Waals surface area (Å²) in [5, 5.41) is 0. The highest BCUT2D eigenvalue weighted by atomic mass is 19.1. The number of Topliss-reactive ketones (excluding diaryl/α,β-unsaturated/α-hetero) is 1. The molecule has 1 aliphatic rings. The average molecular weight is 340 g/mol. The number of esters is 1. The van der Waals surface area contributed by atoms with Crippen molar-refractivity contribution in [1.82, 2.24) is 0 Å². The van der Waals surface area contributed by atoms with Crippen LogP contribution in [-0.4, -0.2) is 11.8 Å². The maximum atomic E-state index is 13.0. The molecular formula is C20H17FO4. The number of hydrogen-bond donors (Lipinski definition) is 0. The first kappa shape index (κ1) is 16.9. The normalized spacial score (nSPS) is 14.6. The fourth-order valence-electron chi connectivity index (χ4n) is 2.42. The van der Waals surface area contributed by atoms with Gasteiger partial charge < -0.3 is 9.47 Å². The van der Waals surface area contributed by atoms with Crippen molar-refractivity contribution in [3.8, 4) is 11.5 Å². The van der Waals surface area contributed by atoms with Crippen LogP contribution in [0.25, 0.3) is 6.08 Å². The summed E-state index contributed by atoms with van der Waals surface area (Å²) in [6.07, 6.45) is 1.56. The van der Waals surface area contributed by atoms with Gasteiger partial charge in [0.05, 0.1) is 11.5 Å². The SMILES string of the molecule is Cc1c(OC(=O)C(C)C)ccc2c1O/C(=C\c1ccc(F)cc1)C2=O. The summed E-state index contributed by atoms with van der Waals surface area (Å²) in [6, 6.07) is 8.92. The molecule has 5 heteroatoms. The monoisotopic (exact) mass is 340 g/mol. The van der Waals surface area contributed by atoms with Gasteiger partial charge >= 0.3 is 5.97 Å². The van der Waals surface area contributed by atoms with Crippen molar-refractivity contribution in [2.45, 2.75) is 20.8 Å². The molecule has 0 aromatic heterocycles. The summed E-state index contributed by atoms with van der Waals surface area (Å²) in [5.41, 5.74) is 1.65. The summed E-state index contributed by atoms with van der Waals surface area (Å²) < 4.78 is 24.0. The van der Waals surface area contributed by atoms with Crippen LogP contribution < -0.4 is 9.47 Å². The molecule has 0 spiro atoms. The maximum Gasteiger partial charge on any atom is 0.313 e. The Labute approximate surface area is 144 Å². The van der Waals surface area contributed by atoms with Crippen LogP contribution in [0.1, 0.15) is 35.3 Å². The zero-order valence-corrected chi connectivity index (χ0v) is 14.1. The molecule has 0 fully saturated rings. The zero-order valence-electron chi connectivity index (χ0n) is 14.1. The third-order valence-corrected chi connectivity index (χ3v) is 3.89. The lowest BCUT2D eigenvalue weighted by Crippen LogP contribution is -2.15. The van der Waals surface area contributed by atoms with Crippen LogP contribution in [0.15, 0.2) is 42.2 Å². The van der Waals surface area contributed by atoms with Crippen molar-refractivity contribution in [3.05, 3.63) is 64.7 Å². The van der Waals surface area contributed by atoms with Gasteiger partial charge in [0.2, 0.25) is 5.78 Å². The Balaban J connectivity index is 1.92. The highest BCUT2D eigenvalue weighted by Crippen LogP contribution is 2.39. The molecule has 128 valence electrons. The van der Waals surface area contributed by atoms with Crippen LogP contribution >= 0.6 is 0 Å². The van der Waals surface area contributed by atoms with E-state index in [2.05, 4.69) is 0 Å². The van der Waals surface area contributed by atoms with E-state index >= 15 is 0 Å². The molecule has 1 aliphatic heterocycles. The average Bonchev–Trinajstić information content (AvgIpc) is 2.89. The number of ether oxygens (including phenoxy) is 2. The third kappa shape index (κ3) is 3.31. The van der Waals surface area contributed by atoms with Gasteiger partial charge in [-0.15, -0.1) is 0 Å². The van der Waals surface area contributed by atoms with Gasteiger partial charge in [-0.05, 0) is 42.8 Å². The second-order valence-electron chi connectivity index (χ2n) is 6.13. The highest BCUT2D eigenvalue weighted by molar-refractivity contribution is 6.15. The summed E-state index contributed by atoms with van der Waals surface area (Å²) in [6.45, 7) is 5.22. The van der Waals surface area contributed by atoms with Crippen molar-refractivity contribution in [3.63, 3.8) is 0 Å². The minimum atomic E-state index is -0.352. The number of halogens is 1. The van der Waals surface area contributed by atoms with Crippen LogP contribution in [-0.2, 0) is 4.79 Å². The second-order valence-corrected chi connectivity index (χ2v) is 6.13. The Bertz CT molecular complexity index is 879. The molecule has 2 aromatic carbocycles. The van der Waals surface area contributed by atoms with Crippen molar-refractivity contribution in [2.24, 2.45) is 5.92 Å². The van der Waals surface area contributed by atoms with Crippen LogP contribution in [0, 0.1) is 18.7 Å². The van der Waals surface area contributed by atoms with Crippen molar-refractivity contribution >= 4 is 17.8 Å². The first-order valence-electron chi connectivity index (χ1n) is 7.92. The van der Waals surface area contributed by atoms with E-state index in [9.17, 15) is 14.0 Å². The lowest BCUT2D eigenvalue weighted by atomic mass is 10.1. The van der Waals surface area contributed by atoms with Gasteiger partial charge in [-0.25, -0.2) is 4.39 Å². The molecule has 0 amide bonds. The van der Waals surface area contributed by atoms with E-state index < -0.39 is 0 Å². The molecule has 0 N–H and O–H groups in total. The second kappa shape index (κ2) is 6.51. The molecule has 0 saturated heterocycles. The van der Waals surface area contributed by atoms with Crippen LogP contribution in [0.3, 0.4) is 0 Å². The molecule has 0 radical (unpaired) electrons. The molecule has 4 nitrogen and oxygen atoms in total. The van der Waals surface area contributed by atoms with Crippen molar-refractivity contribution in [1.29, 1.82) is 0 Å². The number of hydrogen-bond acceptors (Lipinski definition) is 4. The summed E-state index contributed by atoms with van der Waals surface area (Å²) in [4.78, 5) is 24.3. The minimum Gasteiger partial charge on any atom is -0.452 e. The molecule has 2 aromatic rings. The quantitative estimate of drug-likeness (QED) is 0.475. The van der Waals surface area contributed by atoms with Gasteiger partial charge in [-0.1, -0.05) is 26.0 Å². The Morgan fingerprint density at radius 3 is 2.48 bits per heavy atom. The predicted octanol–water partition coefficient (Wildman–Crippen LogP) is 4.31. The number of fused-ring (bicyclic) bond motifs is 1. The Morgan fingerprint density at radius 2 is 1.84 bits per heavy atom. The summed E-state index contributed by atoms with van der Waals surface area (Å²) >= 11 is 0. The van der Waals surface area contributed by atoms with Crippen LogP contribution in [0.2, 0.25) is 0 Å². The Kier molecular flexibility index (Phi) is 4.40. The molecule has 0 unspecified atom stereocenters. The Hall–Kier alpha value is -2.95. The molecule has 0 saturated carbocycles. The third-order valence-electron chi connectivity index (χ3n) is 3.89. The van der Waals surface area contributed by atoms with Crippen molar-refractivity contribution < 1.29 is 23.5 Å². The highest BCUT2D eigenvalue weighted by Gasteiger charge is 2.30. The zero-order chi connectivity index (χ0) is 18.1. The van der Waals surface area contributed by atoms with Gasteiger partial charge in [0, 0.05) is 5.56 Å². The topological polar surface area (TPSA) is 52.6 Å². The molecule has 3 rings (SSSR count). The number of rotatable bonds is 3. The van der Waals surface area contributed by atoms with E-state index in [1.807, 2.05) is 0 Å². The van der Waals surface area contributed by atoms with E-state index in [0.717, 1.165) is 0 Å². The first-order valence-corrected chi connectivity index (χ1v) is 7.92. The largest absolute Gasteiger partial charge is 0.452 e. The fourth-order valence-corrected chi connectivity index (χ4v) is 2.42. The van der Waals surface area contributed by atoms with E-state index in [-0.39, 0.29) is 29.2 Å². The summed E-state index contributed by atoms with van der Waals surface area (Å²) in [7, 11) is 0. The number of benzene rings is 2. The van der Waals surface area contributed by atoms with Gasteiger partial charge in [-0.2, -0.15) is 0 Å². The molecule has 0 aliphatic carbocycles. The van der Waals surface area contributed by atoms with Crippen molar-refractivity contribution in [2.75, 3.05) is 0 Å². The molecule has 1 heterocycles. The van der Waals surface area contributed by atoms with Crippen LogP contribution in [0.5, 0.6) is 11.5 Å². The number of carbonyl (C=O) groups excluding carboxylic acids is 2. The maximum absolute atomic E-state index is 13.0. The minimum absolute atomic E-state index is 0.150. The first-order chi connectivity index (χ1) is 11.9. The van der Waals surface area contributed by atoms with E-state index in [0.29, 0.717) is 28.2 Å². The van der Waals surface area contributed by atoms with E-state index in [1.54, 1.807) is 51.1 Å². The molecule has 25 heavy (non-hydrogen) atoms. The van der Waals surface area contributed by atoms with Crippen LogP contribution in [0.4, 0.5) is 4.39 Å². The number of carbonyl (C=O) groups is 2. The lowest BCUT2D eigenvalue weighted by molar-refractivity contribution is -0.137. The smallest absolute Gasteiger partial charge is 0.313 e. The van der Waals surface area contributed by atoms with Gasteiger partial charge in [-0.3, -0.25) is 9.59 Å².